The molecule has 0 amide bonds. The van der Waals surface area contributed by atoms with Gasteiger partial charge in [0.25, 0.3) is 0 Å². The standard InChI is InChI=1S/C14H21NO2/c1-14(16)9-5-8-13(14)17-12-7-4-6-11(10-12)15(2)3/h4,6-7,10,13,16H,5,8-9H2,1-3H3. The molecule has 0 aliphatic heterocycles. The maximum Gasteiger partial charge on any atom is 0.127 e. The van der Waals surface area contributed by atoms with E-state index >= 15 is 0 Å². The van der Waals surface area contributed by atoms with Gasteiger partial charge in [-0.15, -0.1) is 0 Å². The van der Waals surface area contributed by atoms with Crippen molar-refractivity contribution < 1.29 is 9.84 Å². The summed E-state index contributed by atoms with van der Waals surface area (Å²) in [5, 5.41) is 10.2. The molecule has 0 heterocycles. The van der Waals surface area contributed by atoms with Gasteiger partial charge in [0.2, 0.25) is 0 Å². The van der Waals surface area contributed by atoms with E-state index in [1.54, 1.807) is 0 Å². The molecule has 0 spiro atoms. The monoisotopic (exact) mass is 235 g/mol. The van der Waals surface area contributed by atoms with Crippen LogP contribution < -0.4 is 9.64 Å². The van der Waals surface area contributed by atoms with Gasteiger partial charge in [0.15, 0.2) is 0 Å². The van der Waals surface area contributed by atoms with E-state index in [0.717, 1.165) is 30.7 Å². The van der Waals surface area contributed by atoms with Gasteiger partial charge in [0.1, 0.15) is 11.9 Å². The lowest BCUT2D eigenvalue weighted by Crippen LogP contribution is -2.37. The van der Waals surface area contributed by atoms with Crippen LogP contribution in [0.3, 0.4) is 0 Å². The van der Waals surface area contributed by atoms with Crippen LogP contribution in [0.4, 0.5) is 5.69 Å². The zero-order chi connectivity index (χ0) is 12.5. The largest absolute Gasteiger partial charge is 0.487 e. The summed E-state index contributed by atoms with van der Waals surface area (Å²) >= 11 is 0. The van der Waals surface area contributed by atoms with Crippen LogP contribution >= 0.6 is 0 Å². The number of ether oxygens (including phenoxy) is 1. The summed E-state index contributed by atoms with van der Waals surface area (Å²) in [5.74, 6) is 0.836. The zero-order valence-electron chi connectivity index (χ0n) is 10.8. The van der Waals surface area contributed by atoms with E-state index in [-0.39, 0.29) is 6.10 Å². The summed E-state index contributed by atoms with van der Waals surface area (Å²) in [6, 6.07) is 7.98. The summed E-state index contributed by atoms with van der Waals surface area (Å²) < 4.78 is 5.90. The van der Waals surface area contributed by atoms with Crippen LogP contribution in [0.15, 0.2) is 24.3 Å². The van der Waals surface area contributed by atoms with Crippen LogP contribution in [0.5, 0.6) is 5.75 Å². The maximum absolute atomic E-state index is 10.2. The highest BCUT2D eigenvalue weighted by molar-refractivity contribution is 5.49. The van der Waals surface area contributed by atoms with Gasteiger partial charge in [-0.1, -0.05) is 6.07 Å². The molecule has 94 valence electrons. The quantitative estimate of drug-likeness (QED) is 0.873. The van der Waals surface area contributed by atoms with Gasteiger partial charge < -0.3 is 14.7 Å². The van der Waals surface area contributed by atoms with E-state index in [4.69, 9.17) is 4.74 Å². The average Bonchev–Trinajstić information content (AvgIpc) is 2.59. The van der Waals surface area contributed by atoms with Gasteiger partial charge in [-0.2, -0.15) is 0 Å². The van der Waals surface area contributed by atoms with Gasteiger partial charge in [-0.3, -0.25) is 0 Å². The Morgan fingerprint density at radius 3 is 2.76 bits per heavy atom. The first-order valence-electron chi connectivity index (χ1n) is 6.15. The Morgan fingerprint density at radius 2 is 2.18 bits per heavy atom. The summed E-state index contributed by atoms with van der Waals surface area (Å²) in [6.45, 7) is 1.86. The van der Waals surface area contributed by atoms with E-state index in [0.29, 0.717) is 0 Å². The lowest BCUT2D eigenvalue weighted by atomic mass is 10.0. The Bertz CT molecular complexity index is 388. The van der Waals surface area contributed by atoms with Crippen LogP contribution in [-0.2, 0) is 0 Å². The highest BCUT2D eigenvalue weighted by atomic mass is 16.5. The predicted molar refractivity (Wildman–Crippen MR) is 69.7 cm³/mol. The van der Waals surface area contributed by atoms with Crippen LogP contribution in [0.1, 0.15) is 26.2 Å². The van der Waals surface area contributed by atoms with E-state index in [1.165, 1.54) is 0 Å². The van der Waals surface area contributed by atoms with Crippen molar-refractivity contribution in [3.05, 3.63) is 24.3 Å². The Kier molecular flexibility index (Phi) is 3.29. The number of nitrogens with zero attached hydrogens (tertiary/aromatic N) is 1. The minimum atomic E-state index is -0.686. The molecule has 1 aromatic carbocycles. The smallest absolute Gasteiger partial charge is 0.127 e. The van der Waals surface area contributed by atoms with E-state index < -0.39 is 5.60 Å². The Balaban J connectivity index is 2.11. The van der Waals surface area contributed by atoms with Crippen molar-refractivity contribution in [2.75, 3.05) is 19.0 Å². The SMILES string of the molecule is CN(C)c1cccc(OC2CCCC2(C)O)c1. The molecule has 1 N–H and O–H groups in total. The number of rotatable bonds is 3. The highest BCUT2D eigenvalue weighted by Crippen LogP contribution is 2.33. The molecule has 0 aromatic heterocycles. The molecule has 2 rings (SSSR count). The Labute approximate surface area is 103 Å². The zero-order valence-corrected chi connectivity index (χ0v) is 10.8. The van der Waals surface area contributed by atoms with Gasteiger partial charge >= 0.3 is 0 Å². The average molecular weight is 235 g/mol. The van der Waals surface area contributed by atoms with Gasteiger partial charge in [0, 0.05) is 25.8 Å². The molecule has 1 aromatic rings. The number of anilines is 1. The third kappa shape index (κ3) is 2.72. The first-order chi connectivity index (χ1) is 7.99. The fraction of sp³-hybridized carbons (Fsp3) is 0.571. The second-order valence-corrected chi connectivity index (χ2v) is 5.25. The minimum absolute atomic E-state index is 0.0834. The van der Waals surface area contributed by atoms with E-state index in [9.17, 15) is 5.11 Å². The molecule has 2 unspecified atom stereocenters. The molecule has 3 heteroatoms. The van der Waals surface area contributed by atoms with Gasteiger partial charge in [-0.25, -0.2) is 0 Å². The fourth-order valence-electron chi connectivity index (χ4n) is 2.30. The highest BCUT2D eigenvalue weighted by Gasteiger charge is 2.38. The second kappa shape index (κ2) is 4.57. The third-order valence-corrected chi connectivity index (χ3v) is 3.46. The summed E-state index contributed by atoms with van der Waals surface area (Å²) in [6.07, 6.45) is 2.70. The molecule has 2 atom stereocenters. The van der Waals surface area contributed by atoms with Crippen LogP contribution in [-0.4, -0.2) is 30.9 Å². The molecule has 1 saturated carbocycles. The van der Waals surface area contributed by atoms with Crippen molar-refractivity contribution in [2.24, 2.45) is 0 Å². The normalized spacial score (nSPS) is 28.1. The minimum Gasteiger partial charge on any atom is -0.487 e. The molecule has 1 aliphatic rings. The summed E-state index contributed by atoms with van der Waals surface area (Å²) in [4.78, 5) is 2.04. The Morgan fingerprint density at radius 1 is 1.41 bits per heavy atom. The topological polar surface area (TPSA) is 32.7 Å². The molecule has 0 saturated heterocycles. The first kappa shape index (κ1) is 12.2. The van der Waals surface area contributed by atoms with Crippen LogP contribution in [0, 0.1) is 0 Å². The fourth-order valence-corrected chi connectivity index (χ4v) is 2.30. The number of hydrogen-bond acceptors (Lipinski definition) is 3. The lowest BCUT2D eigenvalue weighted by molar-refractivity contribution is -0.0251. The summed E-state index contributed by atoms with van der Waals surface area (Å²) in [7, 11) is 4.01. The second-order valence-electron chi connectivity index (χ2n) is 5.25. The molecule has 3 nitrogen and oxygen atoms in total. The van der Waals surface area contributed by atoms with Crippen LogP contribution in [0.2, 0.25) is 0 Å². The molecule has 17 heavy (non-hydrogen) atoms. The van der Waals surface area contributed by atoms with Gasteiger partial charge in [-0.05, 0) is 38.3 Å². The molecule has 1 aliphatic carbocycles. The predicted octanol–water partition coefficient (Wildman–Crippen LogP) is 2.43. The van der Waals surface area contributed by atoms with Crippen LogP contribution in [0.25, 0.3) is 0 Å². The number of benzene rings is 1. The molecular formula is C14H21NO2. The van der Waals surface area contributed by atoms with E-state index in [1.807, 2.05) is 50.2 Å². The van der Waals surface area contributed by atoms with Crippen molar-refractivity contribution in [3.8, 4) is 5.75 Å². The lowest BCUT2D eigenvalue weighted by Gasteiger charge is -2.26. The van der Waals surface area contributed by atoms with Crippen molar-refractivity contribution in [2.45, 2.75) is 37.9 Å². The molecular weight excluding hydrogens is 214 g/mol. The first-order valence-corrected chi connectivity index (χ1v) is 6.15. The van der Waals surface area contributed by atoms with Crippen molar-refractivity contribution in [1.29, 1.82) is 0 Å². The van der Waals surface area contributed by atoms with E-state index in [2.05, 4.69) is 0 Å². The molecule has 0 bridgehead atoms. The maximum atomic E-state index is 10.2. The summed E-state index contributed by atoms with van der Waals surface area (Å²) in [5.41, 5.74) is 0.425. The number of aliphatic hydroxyl groups is 1. The molecule has 0 radical (unpaired) electrons. The molecule has 1 fully saturated rings. The van der Waals surface area contributed by atoms with Crippen molar-refractivity contribution in [3.63, 3.8) is 0 Å². The third-order valence-electron chi connectivity index (χ3n) is 3.46. The van der Waals surface area contributed by atoms with Crippen molar-refractivity contribution >= 4 is 5.69 Å². The van der Waals surface area contributed by atoms with Crippen molar-refractivity contribution in [1.82, 2.24) is 0 Å². The Hall–Kier alpha value is -1.22. The number of hydrogen-bond donors (Lipinski definition) is 1. The van der Waals surface area contributed by atoms with Gasteiger partial charge in [0.05, 0.1) is 5.60 Å².